The van der Waals surface area contributed by atoms with Gasteiger partial charge in [0, 0.05) is 47.5 Å². The minimum absolute atomic E-state index is 0.00186. The van der Waals surface area contributed by atoms with Gasteiger partial charge in [-0.15, -0.1) is 21.5 Å². The molecule has 2 unspecified atom stereocenters. The highest BCUT2D eigenvalue weighted by Crippen LogP contribution is 2.40. The van der Waals surface area contributed by atoms with Gasteiger partial charge in [-0.05, 0) is 69.9 Å². The molecule has 2 aromatic heterocycles. The number of rotatable bonds is 11. The number of unbranched alkanes of at least 4 members (excludes halogenated alkanes) is 1. The summed E-state index contributed by atoms with van der Waals surface area (Å²) in [6.07, 6.45) is 0.280. The van der Waals surface area contributed by atoms with Crippen LogP contribution in [0.3, 0.4) is 0 Å². The van der Waals surface area contributed by atoms with Crippen LogP contribution >= 0.6 is 22.9 Å². The second kappa shape index (κ2) is 15.2. The molecule has 7 rings (SSSR count). The number of fused-ring (bicyclic) bond motifs is 4. The molecule has 17 heteroatoms. The molecule has 3 aliphatic rings. The molecule has 55 heavy (non-hydrogen) atoms. The number of hydrogen-bond acceptors (Lipinski definition) is 11. The predicted octanol–water partition coefficient (Wildman–Crippen LogP) is 3.98. The molecule has 0 saturated carbocycles. The van der Waals surface area contributed by atoms with E-state index in [1.54, 1.807) is 16.2 Å². The zero-order valence-electron chi connectivity index (χ0n) is 30.5. The minimum atomic E-state index is -1.12. The van der Waals surface area contributed by atoms with Crippen molar-refractivity contribution in [1.29, 1.82) is 0 Å². The molecule has 15 nitrogen and oxygen atoms in total. The van der Waals surface area contributed by atoms with Crippen LogP contribution < -0.4 is 15.4 Å². The molecule has 2 N–H and O–H groups in total. The van der Waals surface area contributed by atoms with E-state index in [2.05, 4.69) is 34.7 Å². The van der Waals surface area contributed by atoms with Crippen LogP contribution in [0.15, 0.2) is 47.5 Å². The normalized spacial score (nSPS) is 17.5. The molecule has 6 amide bonds. The lowest BCUT2D eigenvalue weighted by atomic mass is 10.00. The molecule has 2 aromatic carbocycles. The Hall–Kier alpha value is -5.74. The van der Waals surface area contributed by atoms with Gasteiger partial charge in [-0.25, -0.2) is 0 Å². The van der Waals surface area contributed by atoms with Crippen molar-refractivity contribution in [2.24, 2.45) is 4.99 Å². The van der Waals surface area contributed by atoms with Crippen LogP contribution in [0.25, 0.3) is 5.00 Å². The maximum atomic E-state index is 13.3. The summed E-state index contributed by atoms with van der Waals surface area (Å²) in [5.74, 6) is -2.02. The number of thiophene rings is 1. The third-order valence-corrected chi connectivity index (χ3v) is 11.3. The molecule has 0 spiro atoms. The molecule has 1 saturated heterocycles. The largest absolute Gasteiger partial charge is 0.483 e. The number of aryl methyl sites for hydroxylation is 2. The zero-order valence-corrected chi connectivity index (χ0v) is 32.0. The highest BCUT2D eigenvalue weighted by molar-refractivity contribution is 7.15. The first kappa shape index (κ1) is 37.6. The van der Waals surface area contributed by atoms with Crippen LogP contribution in [0, 0.1) is 20.8 Å². The summed E-state index contributed by atoms with van der Waals surface area (Å²) in [4.78, 5) is 85.4. The molecular weight excluding hydrogens is 748 g/mol. The summed E-state index contributed by atoms with van der Waals surface area (Å²) < 4.78 is 7.67. The van der Waals surface area contributed by atoms with Gasteiger partial charge in [0.15, 0.2) is 18.6 Å². The number of piperidine rings is 1. The lowest BCUT2D eigenvalue weighted by molar-refractivity contribution is -0.136. The van der Waals surface area contributed by atoms with Gasteiger partial charge in [-0.2, -0.15) is 0 Å². The fourth-order valence-electron chi connectivity index (χ4n) is 7.01. The Morgan fingerprint density at radius 3 is 2.51 bits per heavy atom. The van der Waals surface area contributed by atoms with Gasteiger partial charge < -0.3 is 15.0 Å². The Bertz CT molecular complexity index is 2300. The van der Waals surface area contributed by atoms with Crippen LogP contribution in [0.4, 0.5) is 0 Å². The Kier molecular flexibility index (Phi) is 10.4. The fourth-order valence-corrected chi connectivity index (χ4v) is 8.35. The Morgan fingerprint density at radius 2 is 1.78 bits per heavy atom. The number of benzene rings is 2. The number of halogens is 1. The van der Waals surface area contributed by atoms with Crippen molar-refractivity contribution in [2.45, 2.75) is 65.6 Å². The van der Waals surface area contributed by atoms with Gasteiger partial charge in [-0.3, -0.25) is 48.5 Å². The Labute approximate surface area is 324 Å². The van der Waals surface area contributed by atoms with E-state index in [4.69, 9.17) is 21.3 Å². The molecule has 4 aromatic rings. The topological polar surface area (TPSA) is 185 Å². The van der Waals surface area contributed by atoms with Crippen molar-refractivity contribution in [3.8, 4) is 10.8 Å². The number of aromatic nitrogens is 3. The van der Waals surface area contributed by atoms with Gasteiger partial charge in [0.2, 0.25) is 17.7 Å². The molecule has 0 bridgehead atoms. The van der Waals surface area contributed by atoms with Gasteiger partial charge in [0.25, 0.3) is 17.7 Å². The number of hydrogen-bond donors (Lipinski definition) is 2. The van der Waals surface area contributed by atoms with Crippen molar-refractivity contribution in [3.05, 3.63) is 91.8 Å². The number of aliphatic imine (C=N–C) groups is 1. The molecule has 5 heterocycles. The van der Waals surface area contributed by atoms with Gasteiger partial charge in [0.1, 0.15) is 22.6 Å². The van der Waals surface area contributed by atoms with E-state index in [0.29, 0.717) is 36.1 Å². The highest BCUT2D eigenvalue weighted by atomic mass is 35.5. The number of carbonyl (C=O) groups excluding carboxylic acids is 6. The Morgan fingerprint density at radius 1 is 1.02 bits per heavy atom. The summed E-state index contributed by atoms with van der Waals surface area (Å²) in [6.45, 7) is 7.64. The molecule has 2 atom stereocenters. The average molecular weight is 785 g/mol. The maximum Gasteiger partial charge on any atom is 0.266 e. The zero-order chi connectivity index (χ0) is 39.1. The highest BCUT2D eigenvalue weighted by Gasteiger charge is 2.46. The van der Waals surface area contributed by atoms with Gasteiger partial charge >= 0.3 is 0 Å². The number of ether oxygens (including phenoxy) is 1. The molecular formula is C38H37ClN8O7S. The van der Waals surface area contributed by atoms with Gasteiger partial charge in [-0.1, -0.05) is 29.8 Å². The van der Waals surface area contributed by atoms with Crippen molar-refractivity contribution in [3.63, 3.8) is 0 Å². The minimum Gasteiger partial charge on any atom is -0.483 e. The molecule has 284 valence electrons. The van der Waals surface area contributed by atoms with Crippen molar-refractivity contribution < 1.29 is 33.5 Å². The number of nitrogens with zero attached hydrogens (tertiary/aromatic N) is 6. The fraction of sp³-hybridized carbons (Fsp3) is 0.342. The van der Waals surface area contributed by atoms with Gasteiger partial charge in [0.05, 0.1) is 16.8 Å². The van der Waals surface area contributed by atoms with E-state index < -0.39 is 48.4 Å². The monoisotopic (exact) mass is 784 g/mol. The van der Waals surface area contributed by atoms with Crippen molar-refractivity contribution >= 4 is 64.1 Å². The molecule has 0 radical (unpaired) electrons. The van der Waals surface area contributed by atoms with E-state index in [1.165, 1.54) is 25.1 Å². The standard InChI is InChI=1S/C38H37ClN8O7S/c1-19-20(2)55-38-30(19)32(23-10-12-24(39)13-11-23)42-33(34-44-43-21(3)46(34)38)45(22(4)48)17-6-5-16-40-29(50)18-54-27-9-7-8-25-31(27)37(53)47(36(25)52)26-14-15-28(49)41-35(26)51/h7-13,26,33H,5-6,14-18H2,1-4H3,(H,40,50)(H,41,49,51). The quantitative estimate of drug-likeness (QED) is 0.168. The van der Waals surface area contributed by atoms with E-state index >= 15 is 0 Å². The van der Waals surface area contributed by atoms with E-state index in [0.717, 1.165) is 37.2 Å². The molecule has 0 aliphatic carbocycles. The predicted molar refractivity (Wildman–Crippen MR) is 202 cm³/mol. The summed E-state index contributed by atoms with van der Waals surface area (Å²) >= 11 is 7.86. The Balaban J connectivity index is 1.00. The summed E-state index contributed by atoms with van der Waals surface area (Å²) in [5.41, 5.74) is 3.61. The number of nitrogens with one attached hydrogen (secondary N) is 2. The SMILES string of the molecule is CC(=O)N(CCCCNC(=O)COc1cccc2c1C(=O)N(C1CCC(=O)NC1=O)C2=O)C1N=C(c2ccc(Cl)cc2)c2c(sc(C)c2C)-n2c(C)nnc21. The summed E-state index contributed by atoms with van der Waals surface area (Å²) in [5, 5.41) is 15.4. The number of carbonyl (C=O) groups is 6. The third-order valence-electron chi connectivity index (χ3n) is 9.89. The molecule has 3 aliphatic heterocycles. The first-order valence-electron chi connectivity index (χ1n) is 17.7. The molecule has 1 fully saturated rings. The smallest absolute Gasteiger partial charge is 0.266 e. The maximum absolute atomic E-state index is 13.3. The van der Waals surface area contributed by atoms with E-state index in [9.17, 15) is 28.8 Å². The average Bonchev–Trinajstić information content (AvgIpc) is 3.72. The number of amides is 6. The first-order valence-corrected chi connectivity index (χ1v) is 18.9. The first-order chi connectivity index (χ1) is 26.3. The van der Waals surface area contributed by atoms with Crippen LogP contribution in [-0.4, -0.2) is 91.5 Å². The van der Waals surface area contributed by atoms with Crippen LogP contribution in [0.1, 0.15) is 92.7 Å². The summed E-state index contributed by atoms with van der Waals surface area (Å²) in [7, 11) is 0. The van der Waals surface area contributed by atoms with Crippen molar-refractivity contribution in [1.82, 2.24) is 35.2 Å². The lowest BCUT2D eigenvalue weighted by Gasteiger charge is -2.27. The van der Waals surface area contributed by atoms with Crippen LogP contribution in [-0.2, 0) is 19.2 Å². The van der Waals surface area contributed by atoms with Crippen LogP contribution in [0.5, 0.6) is 5.75 Å². The second-order valence-electron chi connectivity index (χ2n) is 13.4. The van der Waals surface area contributed by atoms with E-state index in [1.807, 2.05) is 35.8 Å². The number of imide groups is 2. The second-order valence-corrected chi connectivity index (χ2v) is 15.1. The lowest BCUT2D eigenvalue weighted by Crippen LogP contribution is -2.54. The summed E-state index contributed by atoms with van der Waals surface area (Å²) in [6, 6.07) is 10.8. The van der Waals surface area contributed by atoms with E-state index in [-0.39, 0.29) is 42.2 Å². The van der Waals surface area contributed by atoms with Crippen LogP contribution in [0.2, 0.25) is 5.02 Å². The third kappa shape index (κ3) is 7.02. The van der Waals surface area contributed by atoms with Crippen molar-refractivity contribution in [2.75, 3.05) is 19.7 Å².